The lowest BCUT2D eigenvalue weighted by molar-refractivity contribution is -0.531. The van der Waals surface area contributed by atoms with E-state index < -0.39 is 61.4 Å². The minimum Gasteiger partial charge on any atom is -0.480 e. The largest absolute Gasteiger partial charge is 0.480 e. The second kappa shape index (κ2) is 8.30. The van der Waals surface area contributed by atoms with E-state index in [1.165, 1.54) is 4.74 Å². The van der Waals surface area contributed by atoms with Gasteiger partial charge in [-0.2, -0.15) is 65.9 Å². The zero-order chi connectivity index (χ0) is 25.5. The summed E-state index contributed by atoms with van der Waals surface area (Å²) in [7, 11) is 0. The fourth-order valence-electron chi connectivity index (χ4n) is 1.12. The number of hydrogen-bond donors (Lipinski definition) is 1. The van der Waals surface area contributed by atoms with Crippen molar-refractivity contribution in [2.24, 2.45) is 0 Å². The van der Waals surface area contributed by atoms with E-state index in [4.69, 9.17) is 5.11 Å². The lowest BCUT2D eigenvalue weighted by Crippen LogP contribution is -2.63. The number of ether oxygens (including phenoxy) is 3. The molecule has 31 heavy (non-hydrogen) atoms. The van der Waals surface area contributed by atoms with Gasteiger partial charge in [-0.1, -0.05) is 0 Å². The molecule has 0 saturated carbocycles. The number of halogens is 16. The quantitative estimate of drug-likeness (QED) is 0.413. The van der Waals surface area contributed by atoms with Crippen molar-refractivity contribution in [1.29, 1.82) is 0 Å². The summed E-state index contributed by atoms with van der Waals surface area (Å²) in [4.78, 5) is 9.91. The monoisotopic (exact) mass is 508 g/mol. The highest BCUT2D eigenvalue weighted by Crippen LogP contribution is 2.54. The van der Waals surface area contributed by atoms with Crippen molar-refractivity contribution in [3.63, 3.8) is 0 Å². The van der Waals surface area contributed by atoms with Crippen molar-refractivity contribution < 1.29 is 94.4 Å². The first-order valence-corrected chi connectivity index (χ1v) is 6.46. The van der Waals surface area contributed by atoms with Gasteiger partial charge in [-0.25, -0.2) is 13.9 Å². The van der Waals surface area contributed by atoms with Crippen LogP contribution in [-0.4, -0.2) is 66.5 Å². The molecule has 0 fully saturated rings. The van der Waals surface area contributed by atoms with E-state index in [0.29, 0.717) is 0 Å². The summed E-state index contributed by atoms with van der Waals surface area (Å²) in [6.07, 6.45) is -41.4. The molecule has 0 bridgehead atoms. The van der Waals surface area contributed by atoms with E-state index in [0.717, 1.165) is 0 Å². The van der Waals surface area contributed by atoms with Crippen LogP contribution in [0.3, 0.4) is 0 Å². The first-order chi connectivity index (χ1) is 13.3. The van der Waals surface area contributed by atoms with Crippen LogP contribution >= 0.6 is 0 Å². The van der Waals surface area contributed by atoms with Gasteiger partial charge in [-0.05, 0) is 0 Å². The van der Waals surface area contributed by atoms with Crippen LogP contribution in [0.1, 0.15) is 0 Å². The minimum absolute atomic E-state index is 1.25. The van der Waals surface area contributed by atoms with Crippen molar-refractivity contribution in [2.45, 2.75) is 48.8 Å². The summed E-state index contributed by atoms with van der Waals surface area (Å²) in [6.45, 7) is -2.21. The third-order valence-corrected chi connectivity index (χ3v) is 2.61. The molecule has 0 aliphatic carbocycles. The molecule has 0 saturated heterocycles. The Bertz CT molecular complexity index is 643. The molecule has 0 rings (SSSR count). The van der Waals surface area contributed by atoms with Crippen LogP contribution in [0.25, 0.3) is 0 Å². The van der Waals surface area contributed by atoms with Crippen molar-refractivity contribution in [3.8, 4) is 0 Å². The first-order valence-electron chi connectivity index (χ1n) is 6.46. The summed E-state index contributed by atoms with van der Waals surface area (Å²) >= 11 is 0. The summed E-state index contributed by atoms with van der Waals surface area (Å²) in [5.74, 6) is -17.8. The maximum atomic E-state index is 13.1. The van der Waals surface area contributed by atoms with Crippen LogP contribution in [0.15, 0.2) is 0 Å². The molecule has 1 atom stereocenters. The maximum Gasteiger partial charge on any atom is 0.462 e. The molecular formula is C10H4F16O5. The average molecular weight is 508 g/mol. The van der Waals surface area contributed by atoms with Gasteiger partial charge < -0.3 is 9.84 Å². The Morgan fingerprint density at radius 1 is 0.710 bits per heavy atom. The molecule has 0 aromatic carbocycles. The molecule has 0 aromatic rings. The molecule has 0 heterocycles. The molecular weight excluding hydrogens is 504 g/mol. The second-order valence-corrected chi connectivity index (χ2v) is 4.98. The number of carbonyl (C=O) groups is 1. The highest BCUT2D eigenvalue weighted by molar-refractivity contribution is 5.68. The van der Waals surface area contributed by atoms with Crippen LogP contribution in [0.4, 0.5) is 70.2 Å². The number of carboxylic acids is 1. The number of aliphatic carboxylic acids is 1. The van der Waals surface area contributed by atoms with E-state index in [2.05, 4.69) is 4.74 Å². The Balaban J connectivity index is 5.81. The third-order valence-electron chi connectivity index (χ3n) is 2.61. The van der Waals surface area contributed by atoms with Gasteiger partial charge >= 0.3 is 48.4 Å². The van der Waals surface area contributed by atoms with Gasteiger partial charge in [-0.15, -0.1) is 0 Å². The standard InChI is InChI=1S/C10H4F16O5/c11-3(4(12,13)29-1-2(27)28)30-8(21,22)6(16,17)10(25,26)31-9(23,24)5(14,15)7(18,19)20/h3H,1H2,(H,27,28). The maximum absolute atomic E-state index is 13.1. The molecule has 0 aliphatic heterocycles. The highest BCUT2D eigenvalue weighted by atomic mass is 19.4. The molecule has 0 aliphatic rings. The zero-order valence-corrected chi connectivity index (χ0v) is 13.4. The van der Waals surface area contributed by atoms with Crippen molar-refractivity contribution >= 4 is 5.97 Å². The highest BCUT2D eigenvalue weighted by Gasteiger charge is 2.82. The van der Waals surface area contributed by atoms with Crippen LogP contribution in [0.2, 0.25) is 0 Å². The van der Waals surface area contributed by atoms with Gasteiger partial charge in [0, 0.05) is 0 Å². The van der Waals surface area contributed by atoms with E-state index in [-0.39, 0.29) is 0 Å². The minimum atomic E-state index is -7.81. The fraction of sp³-hybridized carbons (Fsp3) is 0.900. The zero-order valence-electron chi connectivity index (χ0n) is 13.4. The second-order valence-electron chi connectivity index (χ2n) is 4.98. The van der Waals surface area contributed by atoms with Crippen molar-refractivity contribution in [3.05, 3.63) is 0 Å². The van der Waals surface area contributed by atoms with Gasteiger partial charge in [0.25, 0.3) is 6.36 Å². The van der Waals surface area contributed by atoms with Crippen molar-refractivity contribution in [2.75, 3.05) is 6.61 Å². The smallest absolute Gasteiger partial charge is 0.462 e. The molecule has 5 nitrogen and oxygen atoms in total. The van der Waals surface area contributed by atoms with Crippen LogP contribution in [-0.2, 0) is 19.0 Å². The molecule has 1 unspecified atom stereocenters. The van der Waals surface area contributed by atoms with Crippen molar-refractivity contribution in [1.82, 2.24) is 0 Å². The van der Waals surface area contributed by atoms with E-state index in [9.17, 15) is 75.0 Å². The fourth-order valence-corrected chi connectivity index (χ4v) is 1.12. The molecule has 1 N–H and O–H groups in total. The van der Waals surface area contributed by atoms with E-state index in [1.54, 1.807) is 0 Å². The van der Waals surface area contributed by atoms with Gasteiger partial charge in [-0.3, -0.25) is 4.74 Å². The predicted octanol–water partition coefficient (Wildman–Crippen LogP) is 4.62. The van der Waals surface area contributed by atoms with Crippen LogP contribution in [0.5, 0.6) is 0 Å². The summed E-state index contributed by atoms with van der Waals surface area (Å²) in [6, 6.07) is 0. The molecule has 186 valence electrons. The molecule has 0 aromatic heterocycles. The molecule has 0 amide bonds. The number of alkyl halides is 16. The lowest BCUT2D eigenvalue weighted by Gasteiger charge is -2.36. The Morgan fingerprint density at radius 2 is 1.10 bits per heavy atom. The number of carboxylic acid groups (broad SMARTS) is 1. The summed E-state index contributed by atoms with van der Waals surface area (Å²) < 4.78 is 208. The third kappa shape index (κ3) is 5.93. The Morgan fingerprint density at radius 3 is 1.45 bits per heavy atom. The van der Waals surface area contributed by atoms with E-state index >= 15 is 0 Å². The molecule has 0 radical (unpaired) electrons. The topological polar surface area (TPSA) is 65.0 Å². The van der Waals surface area contributed by atoms with Gasteiger partial charge in [0.1, 0.15) is 0 Å². The number of rotatable bonds is 11. The first kappa shape index (κ1) is 29.2. The average Bonchev–Trinajstić information content (AvgIpc) is 2.49. The Labute approximate surface area is 157 Å². The Kier molecular flexibility index (Phi) is 7.82. The molecule has 0 spiro atoms. The van der Waals surface area contributed by atoms with E-state index in [1.807, 2.05) is 4.74 Å². The Hall–Kier alpha value is -1.77. The summed E-state index contributed by atoms with van der Waals surface area (Å²) in [5, 5.41) is 7.94. The SMILES string of the molecule is O=C(O)COC(F)(F)C(F)OC(F)(F)C(F)(F)C(F)(F)OC(F)(F)C(F)(F)C(F)(F)F. The van der Waals surface area contributed by atoms with Crippen LogP contribution in [0, 0.1) is 0 Å². The predicted molar refractivity (Wildman–Crippen MR) is 56.4 cm³/mol. The van der Waals surface area contributed by atoms with Gasteiger partial charge in [0.2, 0.25) is 0 Å². The normalized spacial score (nSPS) is 16.4. The summed E-state index contributed by atoms with van der Waals surface area (Å²) in [5.41, 5.74) is 0. The van der Waals surface area contributed by atoms with Crippen LogP contribution < -0.4 is 0 Å². The van der Waals surface area contributed by atoms with Gasteiger partial charge in [0.05, 0.1) is 0 Å². The number of hydrogen-bond acceptors (Lipinski definition) is 4. The lowest BCUT2D eigenvalue weighted by atomic mass is 10.2. The molecule has 21 heteroatoms. The van der Waals surface area contributed by atoms with Gasteiger partial charge in [0.15, 0.2) is 6.61 Å².